The largest absolute Gasteiger partial charge is 0.550 e. The number of piperidine rings is 1. The lowest BCUT2D eigenvalue weighted by atomic mass is 9.60. The van der Waals surface area contributed by atoms with E-state index >= 15 is 0 Å². The lowest BCUT2D eigenvalue weighted by Crippen LogP contribution is -2.95. The van der Waals surface area contributed by atoms with E-state index in [4.69, 9.17) is 24.7 Å². The molecule has 2 heterocycles. The maximum Gasteiger partial charge on any atom is 0.137 e. The molecule has 9 N–H and O–H groups in total. The van der Waals surface area contributed by atoms with E-state index in [9.17, 15) is 25.2 Å². The smallest absolute Gasteiger partial charge is 0.137 e. The molecule has 0 aromatic heterocycles. The molecule has 0 bridgehead atoms. The van der Waals surface area contributed by atoms with Gasteiger partial charge in [0.05, 0.1) is 62.4 Å². The first-order valence-electron chi connectivity index (χ1n) is 20.6. The molecule has 51 heavy (non-hydrogen) atoms. The number of carboxylic acids is 1. The van der Waals surface area contributed by atoms with Gasteiger partial charge in [0, 0.05) is 37.9 Å². The minimum Gasteiger partial charge on any atom is -0.550 e. The molecule has 12 heteroatoms. The predicted octanol–water partition coefficient (Wildman–Crippen LogP) is -0.0610. The Kier molecular flexibility index (Phi) is 15.8. The lowest BCUT2D eigenvalue weighted by molar-refractivity contribution is -0.703. The number of aliphatic carboxylic acids is 1. The van der Waals surface area contributed by atoms with Crippen LogP contribution in [0.3, 0.4) is 0 Å². The average Bonchev–Trinajstić information content (AvgIpc) is 3.12. The van der Waals surface area contributed by atoms with Crippen LogP contribution in [0, 0.1) is 29.1 Å². The molecule has 3 aliphatic carbocycles. The van der Waals surface area contributed by atoms with Crippen molar-refractivity contribution in [1.82, 2.24) is 0 Å². The Morgan fingerprint density at radius 3 is 2.37 bits per heavy atom. The van der Waals surface area contributed by atoms with Gasteiger partial charge in [0.1, 0.15) is 18.3 Å². The Morgan fingerprint density at radius 1 is 0.941 bits per heavy atom. The van der Waals surface area contributed by atoms with Crippen LogP contribution in [0.25, 0.3) is 0 Å². The fraction of sp³-hybridized carbons (Fsp3) is 0.974. The molecule has 12 nitrogen and oxygen atoms in total. The van der Waals surface area contributed by atoms with Crippen LogP contribution in [0.2, 0.25) is 0 Å². The van der Waals surface area contributed by atoms with E-state index in [-0.39, 0.29) is 42.4 Å². The van der Waals surface area contributed by atoms with Gasteiger partial charge < -0.3 is 54.8 Å². The van der Waals surface area contributed by atoms with Crippen LogP contribution in [-0.2, 0) is 23.7 Å². The normalized spacial score (nSPS) is 40.4. The zero-order chi connectivity index (χ0) is 36.5. The Hall–Kier alpha value is -0.930. The third kappa shape index (κ3) is 10.6. The molecule has 14 atom stereocenters. The van der Waals surface area contributed by atoms with Gasteiger partial charge in [-0.3, -0.25) is 5.73 Å². The highest BCUT2D eigenvalue weighted by Gasteiger charge is 2.49. The van der Waals surface area contributed by atoms with Crippen molar-refractivity contribution in [3.63, 3.8) is 0 Å². The molecule has 14 unspecified atom stereocenters. The van der Waals surface area contributed by atoms with Crippen LogP contribution < -0.4 is 21.5 Å². The summed E-state index contributed by atoms with van der Waals surface area (Å²) >= 11 is 0. The minimum atomic E-state index is -0.923. The number of hydrogen-bond acceptors (Lipinski definition) is 10. The molecule has 3 saturated carbocycles. The molecule has 0 aromatic carbocycles. The highest BCUT2D eigenvalue weighted by molar-refractivity contribution is 5.73. The summed E-state index contributed by atoms with van der Waals surface area (Å²) in [4.78, 5) is 13.1. The van der Waals surface area contributed by atoms with Crippen molar-refractivity contribution < 1.29 is 54.8 Å². The van der Waals surface area contributed by atoms with Gasteiger partial charge in [-0.15, -0.1) is 0 Å². The topological polar surface area (TPSA) is 197 Å². The van der Waals surface area contributed by atoms with Gasteiger partial charge in [-0.1, -0.05) is 19.3 Å². The molecule has 5 aliphatic rings. The van der Waals surface area contributed by atoms with Crippen molar-refractivity contribution >= 4 is 5.97 Å². The average molecular weight is 727 g/mol. The lowest BCUT2D eigenvalue weighted by Gasteiger charge is -2.48. The first-order chi connectivity index (χ1) is 24.6. The van der Waals surface area contributed by atoms with Crippen molar-refractivity contribution in [1.29, 1.82) is 0 Å². The summed E-state index contributed by atoms with van der Waals surface area (Å²) in [5.41, 5.74) is 5.47. The van der Waals surface area contributed by atoms with Crippen LogP contribution in [0.15, 0.2) is 0 Å². The van der Waals surface area contributed by atoms with Gasteiger partial charge in [-0.2, -0.15) is 0 Å². The molecule has 2 saturated heterocycles. The highest BCUT2D eigenvalue weighted by atomic mass is 16.5. The summed E-state index contributed by atoms with van der Waals surface area (Å²) < 4.78 is 24.8. The van der Waals surface area contributed by atoms with Crippen LogP contribution in [0.4, 0.5) is 0 Å². The molecule has 5 rings (SSSR count). The van der Waals surface area contributed by atoms with Crippen LogP contribution in [0.5, 0.6) is 0 Å². The molecule has 0 radical (unpaired) electrons. The fourth-order valence-corrected chi connectivity index (χ4v) is 10.9. The minimum absolute atomic E-state index is 0.0424. The third-order valence-electron chi connectivity index (χ3n) is 13.8. The van der Waals surface area contributed by atoms with Gasteiger partial charge in [-0.25, -0.2) is 0 Å². The second-order valence-electron chi connectivity index (χ2n) is 17.1. The Balaban J connectivity index is 1.26. The Bertz CT molecular complexity index is 1050. The fourth-order valence-electron chi connectivity index (χ4n) is 10.9. The number of nitrogens with two attached hydrogens (primary N) is 3. The van der Waals surface area contributed by atoms with Crippen LogP contribution in [-0.4, -0.2) is 116 Å². The van der Waals surface area contributed by atoms with Gasteiger partial charge in [-0.05, 0) is 108 Å². The molecule has 296 valence electrons. The molecular formula is C39H72N3O9+. The van der Waals surface area contributed by atoms with Gasteiger partial charge >= 0.3 is 0 Å². The number of likely N-dealkylation sites (N-methyl/N-ethyl adjacent to an activating group) is 1. The van der Waals surface area contributed by atoms with E-state index in [1.165, 1.54) is 0 Å². The van der Waals surface area contributed by atoms with Gasteiger partial charge in [0.2, 0.25) is 0 Å². The quantitative estimate of drug-likeness (QED) is 0.125. The SMILES string of the molecule is CC[NH2+]C(COC1CC(C2CC(O)CC(CCC3CCC(O)C(OC)C3)O2)CC(OC)C1O)C(CC1CC[NH2+]C(N)C1)C1(C(=O)[O-])CCCCC1. The highest BCUT2D eigenvalue weighted by Crippen LogP contribution is 2.47. The van der Waals surface area contributed by atoms with Gasteiger partial charge in [0.25, 0.3) is 0 Å². The molecule has 0 aromatic rings. The number of methoxy groups -OCH3 is 2. The number of rotatable bonds is 16. The second-order valence-corrected chi connectivity index (χ2v) is 17.1. The monoisotopic (exact) mass is 727 g/mol. The molecule has 2 aliphatic heterocycles. The predicted molar refractivity (Wildman–Crippen MR) is 189 cm³/mol. The van der Waals surface area contributed by atoms with E-state index in [1.54, 1.807) is 14.2 Å². The number of carboxylic acid groups (broad SMARTS) is 1. The number of ether oxygens (including phenoxy) is 4. The van der Waals surface area contributed by atoms with Crippen molar-refractivity contribution in [2.45, 2.75) is 177 Å². The number of carbonyl (C=O) groups excluding carboxylic acids is 1. The summed E-state index contributed by atoms with van der Waals surface area (Å²) in [6, 6.07) is -0.0996. The van der Waals surface area contributed by atoms with Crippen molar-refractivity contribution in [2.24, 2.45) is 34.8 Å². The second kappa shape index (κ2) is 19.6. The van der Waals surface area contributed by atoms with E-state index in [0.29, 0.717) is 57.0 Å². The maximum absolute atomic E-state index is 13.1. The van der Waals surface area contributed by atoms with E-state index in [0.717, 1.165) is 83.7 Å². The van der Waals surface area contributed by atoms with E-state index < -0.39 is 41.9 Å². The number of quaternary nitrogens is 2. The summed E-state index contributed by atoms with van der Waals surface area (Å²) in [7, 11) is 3.30. The summed E-state index contributed by atoms with van der Waals surface area (Å²) in [6.45, 7) is 4.19. The summed E-state index contributed by atoms with van der Waals surface area (Å²) in [5.74, 6) is -0.183. The van der Waals surface area contributed by atoms with Gasteiger partial charge in [0.15, 0.2) is 0 Å². The van der Waals surface area contributed by atoms with Crippen molar-refractivity contribution in [2.75, 3.05) is 33.9 Å². The molecular weight excluding hydrogens is 654 g/mol. The first kappa shape index (κ1) is 41.2. The Morgan fingerprint density at radius 2 is 1.69 bits per heavy atom. The van der Waals surface area contributed by atoms with Crippen molar-refractivity contribution in [3.05, 3.63) is 0 Å². The van der Waals surface area contributed by atoms with Crippen LogP contribution >= 0.6 is 0 Å². The molecule has 5 fully saturated rings. The van der Waals surface area contributed by atoms with E-state index in [2.05, 4.69) is 17.6 Å². The maximum atomic E-state index is 13.1. The summed E-state index contributed by atoms with van der Waals surface area (Å²) in [6.07, 6.45) is 10.7. The van der Waals surface area contributed by atoms with Crippen molar-refractivity contribution in [3.8, 4) is 0 Å². The van der Waals surface area contributed by atoms with E-state index in [1.807, 2.05) is 0 Å². The zero-order valence-corrected chi connectivity index (χ0v) is 31.7. The Labute approximate surface area is 306 Å². The summed E-state index contributed by atoms with van der Waals surface area (Å²) in [5, 5.41) is 50.3. The third-order valence-corrected chi connectivity index (χ3v) is 13.8. The standard InChI is InChI=1S/C39H71N3O9/c1-4-41-30(29(16-25-12-15-42-36(40)18-25)39(38(46)47)13-6-5-7-14-39)23-50-35-20-26(19-34(49-3)37(35)45)32-22-27(43)21-28(51-32)10-8-24-9-11-31(44)33(17-24)48-2/h24-37,41-45H,4-23,40H2,1-3H3,(H,46,47)/p+1. The first-order valence-corrected chi connectivity index (χ1v) is 20.6. The number of aliphatic hydroxyl groups is 3. The zero-order valence-electron chi connectivity index (χ0n) is 31.7. The number of hydrogen-bond donors (Lipinski definition) is 6. The van der Waals surface area contributed by atoms with Crippen LogP contribution in [0.1, 0.15) is 116 Å². The molecule has 0 spiro atoms. The molecule has 0 amide bonds. The number of carbonyl (C=O) groups is 1. The number of aliphatic hydroxyl groups excluding tert-OH is 3.